The number of ether oxygens (including phenoxy) is 4. The minimum Gasteiger partial charge on any atom is -0.507 e. The first-order valence-corrected chi connectivity index (χ1v) is 40.0. The number of carbonyl (C=O) groups is 12. The van der Waals surface area contributed by atoms with Gasteiger partial charge in [-0.1, -0.05) is 50.2 Å². The van der Waals surface area contributed by atoms with E-state index in [4.69, 9.17) is 18.9 Å². The number of benzene rings is 3. The molecule has 130 heavy (non-hydrogen) atoms. The van der Waals surface area contributed by atoms with Crippen LogP contribution < -0.4 is 53.2 Å². The van der Waals surface area contributed by atoms with Crippen molar-refractivity contribution in [1.82, 2.24) is 73.0 Å². The Hall–Kier alpha value is -12.9. The molecule has 3 aromatic heterocycles. The van der Waals surface area contributed by atoms with Gasteiger partial charge in [-0.15, -0.1) is 0 Å². The van der Waals surface area contributed by atoms with Crippen LogP contribution in [0, 0.1) is 106 Å². The minimum atomic E-state index is -2.10. The number of amides is 11. The number of rotatable bonds is 15. The van der Waals surface area contributed by atoms with Crippen LogP contribution in [0.3, 0.4) is 0 Å². The quantitative estimate of drug-likeness (QED) is 0.0371. The second kappa shape index (κ2) is 42.5. The molecule has 0 radical (unpaired) electrons. The number of hydrogen-bond donors (Lipinski definition) is 16. The van der Waals surface area contributed by atoms with Crippen LogP contribution in [-0.2, 0) is 81.4 Å². The summed E-state index contributed by atoms with van der Waals surface area (Å²) < 4.78 is 190. The van der Waals surface area contributed by atoms with Crippen molar-refractivity contribution in [3.8, 4) is 17.2 Å². The largest absolute Gasteiger partial charge is 0.507 e. The van der Waals surface area contributed by atoms with Crippen LogP contribution in [0.2, 0.25) is 0 Å². The van der Waals surface area contributed by atoms with Crippen LogP contribution in [0.5, 0.6) is 17.2 Å². The lowest BCUT2D eigenvalue weighted by molar-refractivity contribution is -0.178. The standard InChI is InChI=1S/C28H31F4N5O7.C27H29F4N5O7.C27H28F4N4O8/c1-11-22(39)16(8-15-18(29)19(30)24(32)36-23(15)31)34-26(41)20(35-25(40)14-6-4-5-7-17(14)38)12(2)33-27(42)21(13-9-44-10-13)37(3)28(11)43;1-10-21(38)15(7-14-17(28)18(29)23(31)36-22(14)30)33-26(41)19(34-25(40)13-5-3-4-6-16(13)37)11(2)32-27(42)20(35-24(10)39)12-8-43-9-12;1-10-20(37)15(7-14-17(28)18(29)23(31)35-22(14)30)33-25(39)19(34-24(38)13-5-3-4-6-16(13)36)11(2)32-26(40)21(43-27(10)41)12-8-42-9-12/h4-7,11-13,16,20-22,38-39H,8-10H2,1-3H3,(H,33,42)(H,34,41)(H,35,40);3-6,10-12,15,19-21,37-38H,7-9H2,1-2H3,(H,32,42)(H,33,41)(H,34,40)(H,35,39);3-6,10-12,15,19-21,36-37H,7-9H2,1-2H3,(H,32,40)(H,33,39)(H,34,38)/t11-,12-,16+,20+,21?,22+;10-,11-,15+,19+,20?,21+;10-,11-,15+,19+,20+,21?/m111/s1. The predicted molar refractivity (Wildman–Crippen MR) is 417 cm³/mol. The van der Waals surface area contributed by atoms with Crippen molar-refractivity contribution < 1.29 is 160 Å². The zero-order valence-corrected chi connectivity index (χ0v) is 69.5. The number of aromatic nitrogens is 3. The van der Waals surface area contributed by atoms with E-state index in [0.717, 1.165) is 11.8 Å². The van der Waals surface area contributed by atoms with Gasteiger partial charge >= 0.3 is 5.97 Å². The topological polar surface area (TPSA) is 525 Å². The van der Waals surface area contributed by atoms with E-state index >= 15 is 0 Å². The Morgan fingerprint density at radius 3 is 1.03 bits per heavy atom. The molecule has 6 saturated heterocycles. The molecule has 0 saturated carbocycles. The first kappa shape index (κ1) is 99.2. The Morgan fingerprint density at radius 1 is 0.385 bits per heavy atom. The lowest BCUT2D eigenvalue weighted by Gasteiger charge is -2.41. The summed E-state index contributed by atoms with van der Waals surface area (Å²) in [5.41, 5.74) is -4.06. The van der Waals surface area contributed by atoms with Gasteiger partial charge in [0.15, 0.2) is 23.6 Å². The average molecular weight is 1850 g/mol. The number of carbonyl (C=O) groups excluding carboxylic acids is 12. The molecule has 9 heterocycles. The number of aliphatic hydroxyl groups is 3. The number of esters is 1. The Morgan fingerprint density at radius 2 is 0.700 bits per heavy atom. The van der Waals surface area contributed by atoms with Gasteiger partial charge in [-0.2, -0.15) is 54.5 Å². The van der Waals surface area contributed by atoms with E-state index in [0.29, 0.717) is 0 Å². The molecule has 702 valence electrons. The van der Waals surface area contributed by atoms with Gasteiger partial charge in [0.05, 0.1) is 135 Å². The first-order chi connectivity index (χ1) is 61.3. The Bertz CT molecular complexity index is 5110. The summed E-state index contributed by atoms with van der Waals surface area (Å²) in [6.07, 6.45) is -10.2. The van der Waals surface area contributed by atoms with Gasteiger partial charge in [0.2, 0.25) is 76.6 Å². The lowest BCUT2D eigenvalue weighted by atomic mass is 9.89. The summed E-state index contributed by atoms with van der Waals surface area (Å²) >= 11 is 0. The first-order valence-electron chi connectivity index (χ1n) is 40.0. The van der Waals surface area contributed by atoms with Crippen LogP contribution in [-0.4, -0.2) is 259 Å². The molecular formula is C82H88F12N14O22. The molecule has 3 unspecified atom stereocenters. The fourth-order valence-corrected chi connectivity index (χ4v) is 14.6. The maximum Gasteiger partial charge on any atom is 0.312 e. The number of phenolic OH excluding ortho intramolecular Hbond substituents is 3. The maximum atomic E-state index is 14.6. The number of aliphatic hydroxyl groups excluding tert-OH is 3. The molecule has 6 fully saturated rings. The lowest BCUT2D eigenvalue weighted by Crippen LogP contribution is -2.65. The van der Waals surface area contributed by atoms with Gasteiger partial charge in [-0.05, 0) is 64.1 Å². The highest BCUT2D eigenvalue weighted by molar-refractivity contribution is 6.02. The van der Waals surface area contributed by atoms with Crippen LogP contribution in [0.15, 0.2) is 72.8 Å². The smallest absolute Gasteiger partial charge is 0.312 e. The molecule has 16 N–H and O–H groups in total. The van der Waals surface area contributed by atoms with Crippen molar-refractivity contribution in [1.29, 1.82) is 0 Å². The van der Waals surface area contributed by atoms with Gasteiger partial charge < -0.3 is 108 Å². The third-order valence-corrected chi connectivity index (χ3v) is 22.7. The van der Waals surface area contributed by atoms with E-state index in [1.807, 2.05) is 0 Å². The summed E-state index contributed by atoms with van der Waals surface area (Å²) in [5, 5.41) is 88.1. The molecule has 0 spiro atoms. The van der Waals surface area contributed by atoms with Crippen molar-refractivity contribution in [2.75, 3.05) is 46.7 Å². The van der Waals surface area contributed by atoms with Gasteiger partial charge in [0.1, 0.15) is 47.5 Å². The van der Waals surface area contributed by atoms with E-state index in [2.05, 4.69) is 68.1 Å². The minimum absolute atomic E-state index is 0.0505. The number of para-hydroxylation sites is 3. The summed E-state index contributed by atoms with van der Waals surface area (Å²) in [5.74, 6) is -41.8. The van der Waals surface area contributed by atoms with E-state index in [-0.39, 0.29) is 56.3 Å². The highest BCUT2D eigenvalue weighted by atomic mass is 19.2. The van der Waals surface area contributed by atoms with Crippen molar-refractivity contribution in [2.45, 2.75) is 152 Å². The number of halogens is 12. The third kappa shape index (κ3) is 22.5. The molecule has 18 atom stereocenters. The zero-order chi connectivity index (χ0) is 95.6. The highest BCUT2D eigenvalue weighted by Crippen LogP contribution is 2.31. The second-order valence-electron chi connectivity index (χ2n) is 31.6. The van der Waals surface area contributed by atoms with E-state index in [9.17, 15) is 141 Å². The SMILES string of the molecule is C[C@H]1NC(=O)C(C2COC2)N(C)C(=O)[C@H](C)[C@H](O)[C@H](Cc2c(F)nc(F)c(F)c2F)NC(=O)[C@H]1NC(=O)c1ccccc1O.C[C@H]1NC(=O)C(C2COC2)NC(=O)[C@H](C)[C@H](O)[C@H](Cc2c(F)nc(F)c(F)c2F)NC(=O)[C@H]1NC(=O)c1ccccc1O.C[C@H]1NC(=O)C(C2COC2)OC(=O)[C@H](C)[C@H](O)[C@H](Cc2c(F)nc(F)c(F)c2F)NC(=O)[C@H]1NC(=O)c1ccccc1O. The molecule has 12 rings (SSSR count). The van der Waals surface area contributed by atoms with E-state index in [1.54, 1.807) is 0 Å². The van der Waals surface area contributed by atoms with Gasteiger partial charge in [-0.25, -0.2) is 13.2 Å². The number of nitrogens with zero attached hydrogens (tertiary/aromatic N) is 4. The van der Waals surface area contributed by atoms with Crippen molar-refractivity contribution in [2.24, 2.45) is 35.5 Å². The molecule has 6 aromatic rings. The predicted octanol–water partition coefficient (Wildman–Crippen LogP) is 0.217. The maximum absolute atomic E-state index is 14.6. The second-order valence-corrected chi connectivity index (χ2v) is 31.6. The fourth-order valence-electron chi connectivity index (χ4n) is 14.6. The van der Waals surface area contributed by atoms with Crippen LogP contribution in [0.4, 0.5) is 52.7 Å². The Labute approximate surface area is 729 Å². The molecule has 0 bridgehead atoms. The molecule has 48 heteroatoms. The number of cyclic esters (lactones) is 1. The molecule has 0 aliphatic carbocycles. The van der Waals surface area contributed by atoms with Crippen LogP contribution in [0.25, 0.3) is 0 Å². The number of aromatic hydroxyl groups is 3. The summed E-state index contributed by atoms with van der Waals surface area (Å²) in [4.78, 5) is 168. The summed E-state index contributed by atoms with van der Waals surface area (Å²) in [7, 11) is 1.31. The van der Waals surface area contributed by atoms with E-state index in [1.165, 1.54) is 114 Å². The Balaban J connectivity index is 0.000000203. The average Bonchev–Trinajstić information content (AvgIpc) is 0.787. The van der Waals surface area contributed by atoms with Crippen molar-refractivity contribution in [3.63, 3.8) is 0 Å². The third-order valence-electron chi connectivity index (χ3n) is 22.7. The van der Waals surface area contributed by atoms with Crippen molar-refractivity contribution in [3.05, 3.63) is 177 Å². The zero-order valence-electron chi connectivity index (χ0n) is 69.5. The van der Waals surface area contributed by atoms with Crippen molar-refractivity contribution >= 4 is 70.9 Å². The highest BCUT2D eigenvalue weighted by Gasteiger charge is 2.49. The summed E-state index contributed by atoms with van der Waals surface area (Å²) in [6, 6.07) is 0.113. The fraction of sp³-hybridized carbons (Fsp3) is 0.451. The molecule has 3 aromatic carbocycles. The van der Waals surface area contributed by atoms with Gasteiger partial charge in [0.25, 0.3) is 41.5 Å². The normalized spacial score (nSPS) is 27.1. The Kier molecular flexibility index (Phi) is 32.5. The summed E-state index contributed by atoms with van der Waals surface area (Å²) in [6.45, 7) is 8.22. The number of pyridine rings is 3. The number of likely N-dealkylation sites (N-methyl/N-ethyl adjacent to an activating group) is 1. The molecule has 36 nitrogen and oxygen atoms in total. The van der Waals surface area contributed by atoms with Crippen LogP contribution >= 0.6 is 0 Å². The molecule has 6 aliphatic rings. The molecule has 11 amide bonds. The van der Waals surface area contributed by atoms with E-state index < -0.39 is 321 Å². The number of nitrogens with one attached hydrogen (secondary N) is 10. The number of hydrogen-bond acceptors (Lipinski definition) is 25. The molecule has 6 aliphatic heterocycles. The van der Waals surface area contributed by atoms with Gasteiger partial charge in [0, 0.05) is 54.8 Å². The number of phenols is 3. The monoisotopic (exact) mass is 1850 g/mol. The van der Waals surface area contributed by atoms with Gasteiger partial charge in [-0.3, -0.25) is 57.5 Å². The molecular weight excluding hydrogens is 1760 g/mol. The van der Waals surface area contributed by atoms with Crippen LogP contribution in [0.1, 0.15) is 89.3 Å².